The van der Waals surface area contributed by atoms with E-state index in [9.17, 15) is 4.79 Å². The summed E-state index contributed by atoms with van der Waals surface area (Å²) in [6.45, 7) is 5.85. The van der Waals surface area contributed by atoms with Crippen molar-refractivity contribution in [2.45, 2.75) is 33.2 Å². The zero-order valence-corrected chi connectivity index (χ0v) is 8.28. The Kier molecular flexibility index (Phi) is 5.60. The molecule has 1 atom stereocenters. The molecule has 0 aromatic carbocycles. The van der Waals surface area contributed by atoms with Gasteiger partial charge in [0.25, 0.3) is 0 Å². The van der Waals surface area contributed by atoms with E-state index in [2.05, 4.69) is 13.8 Å². The summed E-state index contributed by atoms with van der Waals surface area (Å²) in [5.74, 6) is 1.38. The predicted octanol–water partition coefficient (Wildman–Crippen LogP) is 1.64. The minimum atomic E-state index is 0.157. The molecule has 0 aliphatic rings. The molecule has 3 heteroatoms. The van der Waals surface area contributed by atoms with Gasteiger partial charge in [0.2, 0.25) is 0 Å². The van der Waals surface area contributed by atoms with Gasteiger partial charge >= 0.3 is 0 Å². The second kappa shape index (κ2) is 5.61. The zero-order valence-electron chi connectivity index (χ0n) is 7.46. The Morgan fingerprint density at radius 1 is 1.55 bits per heavy atom. The average Bonchev–Trinajstić information content (AvgIpc) is 1.82. The molecular formula is C8H17NOS. The molecule has 0 amide bonds. The topological polar surface area (TPSA) is 43.1 Å². The lowest BCUT2D eigenvalue weighted by Gasteiger charge is -2.11. The van der Waals surface area contributed by atoms with Crippen LogP contribution >= 0.6 is 11.8 Å². The van der Waals surface area contributed by atoms with Gasteiger partial charge in [0.15, 0.2) is 5.12 Å². The highest BCUT2D eigenvalue weighted by Gasteiger charge is 2.06. The zero-order chi connectivity index (χ0) is 8.85. The van der Waals surface area contributed by atoms with E-state index in [0.29, 0.717) is 5.92 Å². The van der Waals surface area contributed by atoms with E-state index in [0.717, 1.165) is 12.2 Å². The first kappa shape index (κ1) is 11.0. The third kappa shape index (κ3) is 7.88. The number of carbonyl (C=O) groups excluding carboxylic acids is 1. The van der Waals surface area contributed by atoms with Crippen molar-refractivity contribution in [1.82, 2.24) is 0 Å². The SMILES string of the molecule is CC(=O)SCC(N)CC(C)C. The molecule has 0 aromatic rings. The Morgan fingerprint density at radius 3 is 2.45 bits per heavy atom. The molecule has 0 bridgehead atoms. The molecule has 0 saturated carbocycles. The van der Waals surface area contributed by atoms with Crippen molar-refractivity contribution in [3.8, 4) is 0 Å². The molecule has 2 nitrogen and oxygen atoms in total. The molecule has 66 valence electrons. The molecule has 0 saturated heterocycles. The predicted molar refractivity (Wildman–Crippen MR) is 50.6 cm³/mol. The fourth-order valence-corrected chi connectivity index (χ4v) is 1.48. The summed E-state index contributed by atoms with van der Waals surface area (Å²) in [6, 6.07) is 0.170. The van der Waals surface area contributed by atoms with Crippen molar-refractivity contribution in [3.63, 3.8) is 0 Å². The third-order valence-electron chi connectivity index (χ3n) is 1.27. The second-order valence-corrected chi connectivity index (χ2v) is 4.39. The highest BCUT2D eigenvalue weighted by molar-refractivity contribution is 8.13. The monoisotopic (exact) mass is 175 g/mol. The maximum absolute atomic E-state index is 10.5. The molecule has 2 N–H and O–H groups in total. The van der Waals surface area contributed by atoms with Crippen LogP contribution in [0, 0.1) is 5.92 Å². The Balaban J connectivity index is 3.37. The fourth-order valence-electron chi connectivity index (χ4n) is 0.898. The highest BCUT2D eigenvalue weighted by Crippen LogP contribution is 2.09. The highest BCUT2D eigenvalue weighted by atomic mass is 32.2. The Labute approximate surface area is 72.9 Å². The fraction of sp³-hybridized carbons (Fsp3) is 0.875. The van der Waals surface area contributed by atoms with Crippen LogP contribution in [0.15, 0.2) is 0 Å². The van der Waals surface area contributed by atoms with Crippen LogP contribution in [0.1, 0.15) is 27.2 Å². The van der Waals surface area contributed by atoms with Crippen LogP contribution in [-0.4, -0.2) is 16.9 Å². The van der Waals surface area contributed by atoms with Crippen LogP contribution < -0.4 is 5.73 Å². The van der Waals surface area contributed by atoms with Gasteiger partial charge in [-0.1, -0.05) is 25.6 Å². The summed E-state index contributed by atoms with van der Waals surface area (Å²) in [7, 11) is 0. The average molecular weight is 175 g/mol. The van der Waals surface area contributed by atoms with Gasteiger partial charge < -0.3 is 5.73 Å². The molecule has 0 aliphatic heterocycles. The Hall–Kier alpha value is -0.0200. The van der Waals surface area contributed by atoms with E-state index in [1.807, 2.05) is 0 Å². The van der Waals surface area contributed by atoms with Crippen LogP contribution in [0.2, 0.25) is 0 Å². The molecule has 11 heavy (non-hydrogen) atoms. The minimum absolute atomic E-state index is 0.157. The van der Waals surface area contributed by atoms with E-state index in [4.69, 9.17) is 5.73 Å². The van der Waals surface area contributed by atoms with E-state index in [-0.39, 0.29) is 11.2 Å². The largest absolute Gasteiger partial charge is 0.327 e. The van der Waals surface area contributed by atoms with E-state index in [1.165, 1.54) is 11.8 Å². The van der Waals surface area contributed by atoms with Crippen molar-refractivity contribution < 1.29 is 4.79 Å². The number of hydrogen-bond acceptors (Lipinski definition) is 3. The maximum atomic E-state index is 10.5. The van der Waals surface area contributed by atoms with Gasteiger partial charge in [0.05, 0.1) is 0 Å². The van der Waals surface area contributed by atoms with Crippen molar-refractivity contribution in [1.29, 1.82) is 0 Å². The first-order chi connectivity index (χ1) is 5.02. The molecular weight excluding hydrogens is 158 g/mol. The molecule has 1 unspecified atom stereocenters. The lowest BCUT2D eigenvalue weighted by atomic mass is 10.1. The normalized spacial score (nSPS) is 13.5. The first-order valence-electron chi connectivity index (χ1n) is 3.91. The van der Waals surface area contributed by atoms with Crippen LogP contribution in [0.5, 0.6) is 0 Å². The Morgan fingerprint density at radius 2 is 2.09 bits per heavy atom. The number of carbonyl (C=O) groups is 1. The summed E-state index contributed by atoms with van der Waals surface area (Å²) >= 11 is 1.32. The van der Waals surface area contributed by atoms with Gasteiger partial charge in [0.1, 0.15) is 0 Å². The van der Waals surface area contributed by atoms with Gasteiger partial charge in [-0.05, 0) is 12.3 Å². The first-order valence-corrected chi connectivity index (χ1v) is 4.90. The summed E-state index contributed by atoms with van der Waals surface area (Å²) in [5, 5.41) is 0.157. The van der Waals surface area contributed by atoms with Crippen molar-refractivity contribution >= 4 is 16.9 Å². The standard InChI is InChI=1S/C8H17NOS/c1-6(2)4-8(9)5-11-7(3)10/h6,8H,4-5,9H2,1-3H3. The summed E-state index contributed by atoms with van der Waals surface area (Å²) in [6.07, 6.45) is 1.00. The van der Waals surface area contributed by atoms with E-state index in [1.54, 1.807) is 6.92 Å². The quantitative estimate of drug-likeness (QED) is 0.706. The van der Waals surface area contributed by atoms with Crippen molar-refractivity contribution in [2.24, 2.45) is 11.7 Å². The summed E-state index contributed by atoms with van der Waals surface area (Å²) in [5.41, 5.74) is 5.75. The minimum Gasteiger partial charge on any atom is -0.327 e. The van der Waals surface area contributed by atoms with Gasteiger partial charge in [-0.3, -0.25) is 4.79 Å². The van der Waals surface area contributed by atoms with Gasteiger partial charge in [-0.25, -0.2) is 0 Å². The van der Waals surface area contributed by atoms with Crippen LogP contribution in [-0.2, 0) is 4.79 Å². The third-order valence-corrected chi connectivity index (χ3v) is 2.28. The van der Waals surface area contributed by atoms with Gasteiger partial charge in [0, 0.05) is 18.7 Å². The van der Waals surface area contributed by atoms with Crippen molar-refractivity contribution in [3.05, 3.63) is 0 Å². The number of hydrogen-bond donors (Lipinski definition) is 1. The van der Waals surface area contributed by atoms with Crippen LogP contribution in [0.3, 0.4) is 0 Å². The Bertz CT molecular complexity index is 125. The number of nitrogens with two attached hydrogens (primary N) is 1. The molecule has 0 aliphatic carbocycles. The van der Waals surface area contributed by atoms with E-state index < -0.39 is 0 Å². The summed E-state index contributed by atoms with van der Waals surface area (Å²) in [4.78, 5) is 10.5. The molecule has 0 aromatic heterocycles. The van der Waals surface area contributed by atoms with Crippen LogP contribution in [0.4, 0.5) is 0 Å². The van der Waals surface area contributed by atoms with Crippen molar-refractivity contribution in [2.75, 3.05) is 5.75 Å². The lowest BCUT2D eigenvalue weighted by Crippen LogP contribution is -2.25. The number of thioether (sulfide) groups is 1. The molecule has 0 heterocycles. The molecule has 0 rings (SSSR count). The molecule has 0 radical (unpaired) electrons. The lowest BCUT2D eigenvalue weighted by molar-refractivity contribution is -0.109. The van der Waals surface area contributed by atoms with Crippen LogP contribution in [0.25, 0.3) is 0 Å². The smallest absolute Gasteiger partial charge is 0.185 e. The van der Waals surface area contributed by atoms with E-state index >= 15 is 0 Å². The van der Waals surface area contributed by atoms with Gasteiger partial charge in [-0.15, -0.1) is 0 Å². The molecule has 0 fully saturated rings. The second-order valence-electron chi connectivity index (χ2n) is 3.19. The summed E-state index contributed by atoms with van der Waals surface area (Å²) < 4.78 is 0. The maximum Gasteiger partial charge on any atom is 0.185 e. The van der Waals surface area contributed by atoms with Gasteiger partial charge in [-0.2, -0.15) is 0 Å². The number of rotatable bonds is 4. The molecule has 0 spiro atoms.